The number of pyridine rings is 1. The van der Waals surface area contributed by atoms with E-state index in [1.54, 1.807) is 34.6 Å². The van der Waals surface area contributed by atoms with Gasteiger partial charge in [-0.15, -0.1) is 0 Å². The molecule has 0 radical (unpaired) electrons. The molecule has 0 bridgehead atoms. The number of para-hydroxylation sites is 1. The van der Waals surface area contributed by atoms with E-state index in [0.29, 0.717) is 36.6 Å². The van der Waals surface area contributed by atoms with E-state index in [2.05, 4.69) is 0 Å². The lowest BCUT2D eigenvalue weighted by molar-refractivity contribution is -0.138. The molecule has 2 atom stereocenters. The largest absolute Gasteiger partial charge is 0.465 e. The Kier molecular flexibility index (Phi) is 5.24. The van der Waals surface area contributed by atoms with Crippen molar-refractivity contribution in [2.45, 2.75) is 44.8 Å². The van der Waals surface area contributed by atoms with E-state index >= 15 is 0 Å². The minimum absolute atomic E-state index is 0.0711. The molecule has 9 heteroatoms. The van der Waals surface area contributed by atoms with Crippen LogP contribution in [0.15, 0.2) is 46.6 Å². The number of fused-ring (bicyclic) bond motifs is 4. The summed E-state index contributed by atoms with van der Waals surface area (Å²) in [4.78, 5) is 43.1. The van der Waals surface area contributed by atoms with Crippen LogP contribution < -0.4 is 20.9 Å². The summed E-state index contributed by atoms with van der Waals surface area (Å²) in [7, 11) is 1.21. The lowest BCUT2D eigenvalue weighted by Gasteiger charge is -2.36. The highest BCUT2D eigenvalue weighted by Gasteiger charge is 2.62. The Morgan fingerprint density at radius 1 is 1.29 bits per heavy atom. The third kappa shape index (κ3) is 2.86. The quantitative estimate of drug-likeness (QED) is 0.684. The van der Waals surface area contributed by atoms with Gasteiger partial charge in [-0.25, -0.2) is 4.79 Å². The molecule has 0 saturated carbocycles. The predicted octanol–water partition coefficient (Wildman–Crippen LogP) is 1.72. The smallest absolute Gasteiger partial charge is 0.340 e. The number of amides is 1. The monoisotopic (exact) mass is 465 g/mol. The van der Waals surface area contributed by atoms with Crippen LogP contribution in [0, 0.1) is 6.92 Å². The zero-order chi connectivity index (χ0) is 24.2. The first kappa shape index (κ1) is 22.2. The molecule has 2 aromatic rings. The van der Waals surface area contributed by atoms with Crippen molar-refractivity contribution in [2.24, 2.45) is 5.73 Å². The average molecular weight is 466 g/mol. The lowest BCUT2D eigenvalue weighted by Crippen LogP contribution is -2.52. The molecule has 0 aliphatic carbocycles. The van der Waals surface area contributed by atoms with Crippen molar-refractivity contribution in [1.82, 2.24) is 4.57 Å². The Balaban J connectivity index is 1.86. The summed E-state index contributed by atoms with van der Waals surface area (Å²) in [5, 5.41) is 0. The number of hydrogen-bond acceptors (Lipinski definition) is 7. The maximum Gasteiger partial charge on any atom is 0.340 e. The zero-order valence-electron chi connectivity index (χ0n) is 19.4. The van der Waals surface area contributed by atoms with E-state index < -0.39 is 22.9 Å². The fourth-order valence-electron chi connectivity index (χ4n) is 5.50. The van der Waals surface area contributed by atoms with Gasteiger partial charge in [-0.1, -0.05) is 18.2 Å². The average Bonchev–Trinajstić information content (AvgIpc) is 3.41. The number of benzene rings is 1. The molecule has 4 heterocycles. The number of hydrogen-bond donors (Lipinski definition) is 1. The van der Waals surface area contributed by atoms with Gasteiger partial charge in [-0.3, -0.25) is 9.59 Å². The molecular weight excluding hydrogens is 438 g/mol. The van der Waals surface area contributed by atoms with Crippen LogP contribution in [0.1, 0.15) is 36.6 Å². The number of carbonyl (C=O) groups excluding carboxylic acids is 2. The summed E-state index contributed by atoms with van der Waals surface area (Å²) in [5.41, 5.74) is 5.72. The number of ether oxygens (including phenoxy) is 3. The van der Waals surface area contributed by atoms with E-state index in [-0.39, 0.29) is 28.9 Å². The third-order valence-electron chi connectivity index (χ3n) is 6.97. The number of esters is 1. The Bertz CT molecular complexity index is 1290. The van der Waals surface area contributed by atoms with Gasteiger partial charge in [0.15, 0.2) is 0 Å². The van der Waals surface area contributed by atoms with Gasteiger partial charge in [0.05, 0.1) is 25.3 Å². The van der Waals surface area contributed by atoms with Crippen LogP contribution in [0.5, 0.6) is 5.75 Å². The molecule has 1 aromatic carbocycles. The first-order valence-corrected chi connectivity index (χ1v) is 11.4. The van der Waals surface area contributed by atoms with Crippen molar-refractivity contribution < 1.29 is 23.8 Å². The van der Waals surface area contributed by atoms with Crippen LogP contribution in [-0.2, 0) is 31.0 Å². The number of aromatic nitrogens is 1. The number of methoxy groups -OCH3 is 1. The number of aryl methyl sites for hydroxylation is 1. The fraction of sp³-hybridized carbons (Fsp3) is 0.400. The van der Waals surface area contributed by atoms with E-state index in [1.807, 2.05) is 19.1 Å². The van der Waals surface area contributed by atoms with Gasteiger partial charge < -0.3 is 29.4 Å². The molecule has 5 rings (SSSR count). The SMILES string of the molecule is CCn1c(C)cc2c(c1=O)C1(C(=O)N(CC3CCCO3)c3ccccc31)C(C(=O)OC)=C(N)O2. The lowest BCUT2D eigenvalue weighted by atomic mass is 9.68. The number of nitrogens with two attached hydrogens (primary N) is 1. The van der Waals surface area contributed by atoms with Gasteiger partial charge >= 0.3 is 5.97 Å². The van der Waals surface area contributed by atoms with Gasteiger partial charge in [-0.2, -0.15) is 0 Å². The summed E-state index contributed by atoms with van der Waals surface area (Å²) >= 11 is 0. The Hall–Kier alpha value is -3.59. The molecular formula is C25H27N3O6. The molecule has 2 N–H and O–H groups in total. The van der Waals surface area contributed by atoms with E-state index in [0.717, 1.165) is 12.8 Å². The zero-order valence-corrected chi connectivity index (χ0v) is 19.4. The summed E-state index contributed by atoms with van der Waals surface area (Å²) in [6, 6.07) is 8.84. The maximum absolute atomic E-state index is 14.5. The molecule has 1 amide bonds. The van der Waals surface area contributed by atoms with Crippen LogP contribution in [-0.4, -0.2) is 42.8 Å². The molecule has 3 aliphatic heterocycles. The number of carbonyl (C=O) groups is 2. The minimum atomic E-state index is -1.79. The molecule has 1 fully saturated rings. The second-order valence-corrected chi connectivity index (χ2v) is 8.73. The van der Waals surface area contributed by atoms with Crippen molar-refractivity contribution in [2.75, 3.05) is 25.2 Å². The molecule has 9 nitrogen and oxygen atoms in total. The highest BCUT2D eigenvalue weighted by atomic mass is 16.5. The molecule has 1 saturated heterocycles. The highest BCUT2D eigenvalue weighted by Crippen LogP contribution is 2.54. The van der Waals surface area contributed by atoms with Crippen molar-refractivity contribution in [3.8, 4) is 5.75 Å². The van der Waals surface area contributed by atoms with Crippen molar-refractivity contribution >= 4 is 17.6 Å². The van der Waals surface area contributed by atoms with Crippen molar-refractivity contribution in [3.05, 3.63) is 69.0 Å². The van der Waals surface area contributed by atoms with Gasteiger partial charge in [-0.05, 0) is 32.8 Å². The van der Waals surface area contributed by atoms with Crippen LogP contribution in [0.25, 0.3) is 0 Å². The van der Waals surface area contributed by atoms with Gasteiger partial charge in [0, 0.05) is 36.2 Å². The van der Waals surface area contributed by atoms with Gasteiger partial charge in [0.25, 0.3) is 5.56 Å². The summed E-state index contributed by atoms with van der Waals surface area (Å²) in [6.45, 7) is 4.95. The normalized spacial score (nSPS) is 23.2. The summed E-state index contributed by atoms with van der Waals surface area (Å²) < 4.78 is 18.2. The molecule has 2 unspecified atom stereocenters. The summed E-state index contributed by atoms with van der Waals surface area (Å²) in [6.07, 6.45) is 1.60. The predicted molar refractivity (Wildman–Crippen MR) is 124 cm³/mol. The molecule has 34 heavy (non-hydrogen) atoms. The van der Waals surface area contributed by atoms with Crippen LogP contribution in [0.4, 0.5) is 5.69 Å². The number of rotatable bonds is 4. The first-order chi connectivity index (χ1) is 16.4. The highest BCUT2D eigenvalue weighted by molar-refractivity contribution is 6.18. The van der Waals surface area contributed by atoms with E-state index in [9.17, 15) is 14.4 Å². The van der Waals surface area contributed by atoms with E-state index in [4.69, 9.17) is 19.9 Å². The van der Waals surface area contributed by atoms with Gasteiger partial charge in [0.1, 0.15) is 16.7 Å². The molecule has 178 valence electrons. The molecule has 3 aliphatic rings. The van der Waals surface area contributed by atoms with Gasteiger partial charge in [0.2, 0.25) is 11.8 Å². The summed E-state index contributed by atoms with van der Waals surface area (Å²) in [5.74, 6) is -1.36. The van der Waals surface area contributed by atoms with Crippen LogP contribution >= 0.6 is 0 Å². The molecule has 1 aromatic heterocycles. The number of anilines is 1. The van der Waals surface area contributed by atoms with E-state index in [1.165, 1.54) is 7.11 Å². The third-order valence-corrected chi connectivity index (χ3v) is 6.97. The Morgan fingerprint density at radius 2 is 2.06 bits per heavy atom. The standard InChI is InChI=1S/C25H27N3O6/c1-4-27-14(2)12-18-19(22(27)29)25(20(21(26)34-18)23(30)32-3)16-9-5-6-10-17(16)28(24(25)31)13-15-8-7-11-33-15/h5-6,9-10,12,15H,4,7-8,11,13,26H2,1-3H3. The van der Waals surface area contributed by atoms with Crippen molar-refractivity contribution in [1.29, 1.82) is 0 Å². The van der Waals surface area contributed by atoms with Crippen LogP contribution in [0.3, 0.4) is 0 Å². The van der Waals surface area contributed by atoms with Crippen molar-refractivity contribution in [3.63, 3.8) is 0 Å². The maximum atomic E-state index is 14.5. The Labute approximate surface area is 196 Å². The fourth-order valence-corrected chi connectivity index (χ4v) is 5.50. The molecule has 1 spiro atoms. The minimum Gasteiger partial charge on any atom is -0.465 e. The topological polar surface area (TPSA) is 113 Å². The first-order valence-electron chi connectivity index (χ1n) is 11.4. The Morgan fingerprint density at radius 3 is 2.74 bits per heavy atom. The second kappa shape index (κ2) is 8.02. The number of nitrogens with zero attached hydrogens (tertiary/aromatic N) is 2. The second-order valence-electron chi connectivity index (χ2n) is 8.73. The van der Waals surface area contributed by atoms with Crippen LogP contribution in [0.2, 0.25) is 0 Å².